The maximum Gasteiger partial charge on any atom is 0.187 e. The molecule has 1 unspecified atom stereocenters. The minimum Gasteiger partial charge on any atom is -0.394 e. The van der Waals surface area contributed by atoms with E-state index in [0.29, 0.717) is 0 Å². The van der Waals surface area contributed by atoms with E-state index in [9.17, 15) is 71.5 Å². The summed E-state index contributed by atoms with van der Waals surface area (Å²) in [6, 6.07) is 0. The lowest BCUT2D eigenvalue weighted by atomic mass is 9.96. The van der Waals surface area contributed by atoms with E-state index in [1.54, 1.807) is 0 Å². The first kappa shape index (κ1) is 37.0. The van der Waals surface area contributed by atoms with E-state index >= 15 is 0 Å². The van der Waals surface area contributed by atoms with Crippen LogP contribution in [0.1, 0.15) is 0 Å². The summed E-state index contributed by atoms with van der Waals surface area (Å²) in [4.78, 5) is 0. The molecular formula is C24H42O21. The summed E-state index contributed by atoms with van der Waals surface area (Å²) >= 11 is 0. The quantitative estimate of drug-likeness (QED) is 0.103. The van der Waals surface area contributed by atoms with Crippen LogP contribution in [0.3, 0.4) is 0 Å². The van der Waals surface area contributed by atoms with Crippen LogP contribution in [-0.4, -0.2) is 221 Å². The first-order chi connectivity index (χ1) is 21.2. The molecule has 4 heterocycles. The van der Waals surface area contributed by atoms with Crippen LogP contribution in [0, 0.1) is 0 Å². The van der Waals surface area contributed by atoms with E-state index in [2.05, 4.69) is 0 Å². The van der Waals surface area contributed by atoms with Crippen LogP contribution in [0.4, 0.5) is 0 Å². The Morgan fingerprint density at radius 3 is 1.29 bits per heavy atom. The molecule has 0 aromatic rings. The van der Waals surface area contributed by atoms with Crippen molar-refractivity contribution in [2.45, 2.75) is 123 Å². The largest absolute Gasteiger partial charge is 0.394 e. The van der Waals surface area contributed by atoms with Crippen LogP contribution in [-0.2, 0) is 33.2 Å². The molecular weight excluding hydrogens is 624 g/mol. The smallest absolute Gasteiger partial charge is 0.187 e. The summed E-state index contributed by atoms with van der Waals surface area (Å²) in [7, 11) is 0. The molecule has 0 aliphatic carbocycles. The van der Waals surface area contributed by atoms with Crippen LogP contribution in [0.25, 0.3) is 0 Å². The highest BCUT2D eigenvalue weighted by molar-refractivity contribution is 4.97. The molecule has 45 heavy (non-hydrogen) atoms. The van der Waals surface area contributed by atoms with Crippen molar-refractivity contribution in [1.29, 1.82) is 0 Å². The molecule has 21 heteroatoms. The number of hydrogen-bond acceptors (Lipinski definition) is 21. The van der Waals surface area contributed by atoms with Crippen molar-refractivity contribution in [1.82, 2.24) is 0 Å². The summed E-state index contributed by atoms with van der Waals surface area (Å²) in [5.41, 5.74) is 0. The van der Waals surface area contributed by atoms with Crippen molar-refractivity contribution >= 4 is 0 Å². The highest BCUT2D eigenvalue weighted by Crippen LogP contribution is 2.33. The van der Waals surface area contributed by atoms with Gasteiger partial charge in [-0.15, -0.1) is 0 Å². The molecule has 4 aliphatic rings. The summed E-state index contributed by atoms with van der Waals surface area (Å²) in [5, 5.41) is 142. The number of aliphatic hydroxyl groups is 14. The van der Waals surface area contributed by atoms with E-state index in [4.69, 9.17) is 33.2 Å². The first-order valence-electron chi connectivity index (χ1n) is 14.1. The lowest BCUT2D eigenvalue weighted by Crippen LogP contribution is -2.67. The number of rotatable bonds is 10. The Morgan fingerprint density at radius 1 is 0.378 bits per heavy atom. The van der Waals surface area contributed by atoms with Gasteiger partial charge in [-0.25, -0.2) is 0 Å². The highest BCUT2D eigenvalue weighted by Gasteiger charge is 2.54. The van der Waals surface area contributed by atoms with E-state index in [1.165, 1.54) is 0 Å². The average molecular weight is 667 g/mol. The van der Waals surface area contributed by atoms with Gasteiger partial charge < -0.3 is 105 Å². The Hall–Kier alpha value is -0.840. The Balaban J connectivity index is 1.47. The standard InChI is InChI=1S/C24H42O21/c25-1-5-9(28)14(33)16(35)23(42-5)44-20-12(31)7(3-27)43-24(18(20)37)45-19-11(30)6(2-26)41-22(17(19)36)39-4-8-10(29)13(32)15(34)21(38)40-8/h5-38H,1-4H2/t5-,6-,7-,8-,9+,10+,11+,12+,13+,14+,15-,16-,17-,18-,19+,20+,21?,22-,23+,24+/m1/s1. The fourth-order valence-corrected chi connectivity index (χ4v) is 5.43. The molecule has 4 rings (SSSR count). The monoisotopic (exact) mass is 666 g/mol. The fourth-order valence-electron chi connectivity index (χ4n) is 5.43. The van der Waals surface area contributed by atoms with E-state index in [0.717, 1.165) is 0 Å². The summed E-state index contributed by atoms with van der Waals surface area (Å²) in [6.45, 7) is -3.21. The van der Waals surface area contributed by atoms with Crippen molar-refractivity contribution in [3.63, 3.8) is 0 Å². The molecule has 4 saturated heterocycles. The van der Waals surface area contributed by atoms with E-state index < -0.39 is 149 Å². The normalized spacial score (nSPS) is 52.9. The minimum atomic E-state index is -2.02. The van der Waals surface area contributed by atoms with Gasteiger partial charge in [0.05, 0.1) is 26.4 Å². The second-order valence-corrected chi connectivity index (χ2v) is 11.2. The molecule has 0 radical (unpaired) electrons. The first-order valence-corrected chi connectivity index (χ1v) is 14.1. The summed E-state index contributed by atoms with van der Waals surface area (Å²) in [5.74, 6) is 0. The zero-order valence-corrected chi connectivity index (χ0v) is 23.5. The molecule has 14 N–H and O–H groups in total. The molecule has 264 valence electrons. The van der Waals surface area contributed by atoms with E-state index in [1.807, 2.05) is 0 Å². The third-order valence-electron chi connectivity index (χ3n) is 8.19. The third kappa shape index (κ3) is 7.59. The zero-order chi connectivity index (χ0) is 33.3. The Morgan fingerprint density at radius 2 is 0.778 bits per heavy atom. The van der Waals surface area contributed by atoms with Gasteiger partial charge in [0, 0.05) is 0 Å². The predicted molar refractivity (Wildman–Crippen MR) is 134 cm³/mol. The van der Waals surface area contributed by atoms with Gasteiger partial charge in [0.1, 0.15) is 97.7 Å². The molecule has 21 nitrogen and oxygen atoms in total. The molecule has 20 atom stereocenters. The Kier molecular flexibility index (Phi) is 12.8. The number of ether oxygens (including phenoxy) is 7. The molecule has 0 aromatic heterocycles. The summed E-state index contributed by atoms with van der Waals surface area (Å²) < 4.78 is 37.6. The van der Waals surface area contributed by atoms with Gasteiger partial charge in [-0.1, -0.05) is 0 Å². The molecule has 0 amide bonds. The van der Waals surface area contributed by atoms with Crippen molar-refractivity contribution in [3.05, 3.63) is 0 Å². The lowest BCUT2D eigenvalue weighted by molar-refractivity contribution is -0.382. The van der Waals surface area contributed by atoms with Gasteiger partial charge in [0.15, 0.2) is 25.2 Å². The minimum absolute atomic E-state index is 0.666. The SMILES string of the molecule is OC[C@H]1O[C@@H](O[C@H]2[C@@H](O)[C@@H](CO)O[C@@H](O[C@H]3[C@@H](O)[C@@H](CO)O[C@@H](OC[C@H]4OC(O)[C@H](O)[C@@H](O)[C@H]4O)[C@@H]3O)[C@@H]2O)[C@H](O)[C@@H](O)[C@H]1O. The maximum atomic E-state index is 11.0. The third-order valence-corrected chi connectivity index (χ3v) is 8.19. The Labute approximate surface area is 254 Å². The topological polar surface area (TPSA) is 348 Å². The summed E-state index contributed by atoms with van der Waals surface area (Å²) in [6.07, 6.45) is -35.4. The van der Waals surface area contributed by atoms with Crippen LogP contribution >= 0.6 is 0 Å². The molecule has 0 spiro atoms. The predicted octanol–water partition coefficient (Wildman–Crippen LogP) is -9.75. The second-order valence-electron chi connectivity index (χ2n) is 11.2. The molecule has 0 saturated carbocycles. The molecule has 4 fully saturated rings. The van der Waals surface area contributed by atoms with Crippen molar-refractivity contribution in [3.8, 4) is 0 Å². The van der Waals surface area contributed by atoms with Gasteiger partial charge in [-0.2, -0.15) is 0 Å². The molecule has 0 aromatic carbocycles. The van der Waals surface area contributed by atoms with Crippen LogP contribution in [0.5, 0.6) is 0 Å². The molecule has 0 bridgehead atoms. The van der Waals surface area contributed by atoms with Gasteiger partial charge in [-0.3, -0.25) is 0 Å². The number of hydrogen-bond donors (Lipinski definition) is 14. The number of aliphatic hydroxyl groups excluding tert-OH is 14. The van der Waals surface area contributed by atoms with Crippen LogP contribution in [0.2, 0.25) is 0 Å². The van der Waals surface area contributed by atoms with Gasteiger partial charge in [-0.05, 0) is 0 Å². The maximum absolute atomic E-state index is 11.0. The van der Waals surface area contributed by atoms with Gasteiger partial charge in [0.25, 0.3) is 0 Å². The van der Waals surface area contributed by atoms with Crippen molar-refractivity contribution in [2.75, 3.05) is 26.4 Å². The van der Waals surface area contributed by atoms with Gasteiger partial charge in [0.2, 0.25) is 0 Å². The van der Waals surface area contributed by atoms with Crippen LogP contribution < -0.4 is 0 Å². The van der Waals surface area contributed by atoms with Crippen molar-refractivity contribution < 1.29 is 105 Å². The van der Waals surface area contributed by atoms with Crippen molar-refractivity contribution in [2.24, 2.45) is 0 Å². The Bertz CT molecular complexity index is 916. The second kappa shape index (κ2) is 15.6. The fraction of sp³-hybridized carbons (Fsp3) is 1.00. The average Bonchev–Trinajstić information content (AvgIpc) is 3.02. The highest BCUT2D eigenvalue weighted by atomic mass is 16.8. The molecule has 4 aliphatic heterocycles. The van der Waals surface area contributed by atoms with E-state index in [-0.39, 0.29) is 0 Å². The van der Waals surface area contributed by atoms with Crippen LogP contribution in [0.15, 0.2) is 0 Å². The van der Waals surface area contributed by atoms with Gasteiger partial charge >= 0.3 is 0 Å². The lowest BCUT2D eigenvalue weighted by Gasteiger charge is -2.48. The zero-order valence-electron chi connectivity index (χ0n) is 23.5.